The van der Waals surface area contributed by atoms with Crippen LogP contribution < -0.4 is 10.6 Å². The van der Waals surface area contributed by atoms with Crippen molar-refractivity contribution < 1.29 is 4.79 Å². The van der Waals surface area contributed by atoms with E-state index < -0.39 is 0 Å². The average molecular weight is 281 g/mol. The van der Waals surface area contributed by atoms with Crippen molar-refractivity contribution in [3.05, 3.63) is 0 Å². The second kappa shape index (κ2) is 7.47. The second-order valence-electron chi connectivity index (χ2n) is 5.53. The second-order valence-corrected chi connectivity index (χ2v) is 5.53. The topological polar surface area (TPSA) is 60.0 Å². The van der Waals surface area contributed by atoms with Crippen molar-refractivity contribution in [3.63, 3.8) is 0 Å². The molecule has 2 aliphatic rings. The molecular weight excluding hydrogens is 254 g/mol. The van der Waals surface area contributed by atoms with Crippen molar-refractivity contribution in [2.24, 2.45) is 4.99 Å². The van der Waals surface area contributed by atoms with Crippen molar-refractivity contribution in [1.82, 2.24) is 20.4 Å². The Bertz CT molecular complexity index is 345. The molecule has 20 heavy (non-hydrogen) atoms. The van der Waals surface area contributed by atoms with Crippen LogP contribution in [0.15, 0.2) is 4.99 Å². The molecule has 114 valence electrons. The Balaban J connectivity index is 1.67. The molecule has 0 bridgehead atoms. The number of amides is 1. The zero-order chi connectivity index (χ0) is 14.4. The molecule has 0 aromatic carbocycles. The van der Waals surface area contributed by atoms with Crippen LogP contribution in [0, 0.1) is 0 Å². The molecule has 6 nitrogen and oxygen atoms in total. The van der Waals surface area contributed by atoms with Gasteiger partial charge in [-0.1, -0.05) is 0 Å². The van der Waals surface area contributed by atoms with E-state index in [1.165, 1.54) is 12.8 Å². The molecule has 6 heteroatoms. The van der Waals surface area contributed by atoms with E-state index in [-0.39, 0.29) is 5.91 Å². The molecule has 0 unspecified atom stereocenters. The van der Waals surface area contributed by atoms with Gasteiger partial charge in [-0.25, -0.2) is 0 Å². The summed E-state index contributed by atoms with van der Waals surface area (Å²) in [7, 11) is 0. The summed E-state index contributed by atoms with van der Waals surface area (Å²) in [4.78, 5) is 20.2. The normalized spacial score (nSPS) is 20.9. The molecule has 2 rings (SSSR count). The minimum atomic E-state index is 0.186. The van der Waals surface area contributed by atoms with Gasteiger partial charge in [0.25, 0.3) is 0 Å². The highest BCUT2D eigenvalue weighted by atomic mass is 16.2. The summed E-state index contributed by atoms with van der Waals surface area (Å²) >= 11 is 0. The third-order valence-corrected chi connectivity index (χ3v) is 3.77. The van der Waals surface area contributed by atoms with Gasteiger partial charge in [0, 0.05) is 52.2 Å². The Labute approximate surface area is 121 Å². The number of nitrogens with zero attached hydrogens (tertiary/aromatic N) is 3. The van der Waals surface area contributed by atoms with Gasteiger partial charge in [-0.05, 0) is 19.8 Å². The molecule has 1 saturated carbocycles. The zero-order valence-electron chi connectivity index (χ0n) is 12.7. The largest absolute Gasteiger partial charge is 0.357 e. The van der Waals surface area contributed by atoms with Crippen LogP contribution in [0.1, 0.15) is 26.7 Å². The minimum absolute atomic E-state index is 0.186. The summed E-state index contributed by atoms with van der Waals surface area (Å²) < 4.78 is 0. The fraction of sp³-hybridized carbons (Fsp3) is 0.857. The summed E-state index contributed by atoms with van der Waals surface area (Å²) in [6.07, 6.45) is 2.52. The van der Waals surface area contributed by atoms with E-state index in [1.54, 1.807) is 6.92 Å². The molecular formula is C14H27N5O. The molecule has 2 N–H and O–H groups in total. The van der Waals surface area contributed by atoms with Crippen LogP contribution in [-0.4, -0.2) is 73.5 Å². The summed E-state index contributed by atoms with van der Waals surface area (Å²) in [5.41, 5.74) is 0. The van der Waals surface area contributed by atoms with E-state index in [2.05, 4.69) is 27.4 Å². The first kappa shape index (κ1) is 15.1. The van der Waals surface area contributed by atoms with Crippen LogP contribution in [0.4, 0.5) is 0 Å². The first-order chi connectivity index (χ1) is 9.69. The molecule has 2 fully saturated rings. The maximum absolute atomic E-state index is 11.3. The number of piperazine rings is 1. The van der Waals surface area contributed by atoms with Gasteiger partial charge >= 0.3 is 0 Å². The van der Waals surface area contributed by atoms with Gasteiger partial charge in [0.05, 0.1) is 6.54 Å². The van der Waals surface area contributed by atoms with Crippen molar-refractivity contribution in [3.8, 4) is 0 Å². The van der Waals surface area contributed by atoms with Gasteiger partial charge in [0.1, 0.15) is 0 Å². The van der Waals surface area contributed by atoms with Crippen molar-refractivity contribution in [1.29, 1.82) is 0 Å². The summed E-state index contributed by atoms with van der Waals surface area (Å²) in [5.74, 6) is 1.13. The summed E-state index contributed by atoms with van der Waals surface area (Å²) in [6.45, 7) is 10.0. The van der Waals surface area contributed by atoms with Gasteiger partial charge in [-0.2, -0.15) is 0 Å². The van der Waals surface area contributed by atoms with Crippen LogP contribution in [-0.2, 0) is 4.79 Å². The third-order valence-electron chi connectivity index (χ3n) is 3.77. The lowest BCUT2D eigenvalue weighted by Gasteiger charge is -2.33. The number of hydrogen-bond acceptors (Lipinski definition) is 3. The maximum atomic E-state index is 11.3. The Hall–Kier alpha value is -1.30. The fourth-order valence-electron chi connectivity index (χ4n) is 2.33. The molecule has 0 spiro atoms. The molecule has 0 radical (unpaired) electrons. The van der Waals surface area contributed by atoms with Gasteiger partial charge in [-0.3, -0.25) is 14.7 Å². The van der Waals surface area contributed by atoms with E-state index in [0.717, 1.165) is 51.8 Å². The Morgan fingerprint density at radius 3 is 2.50 bits per heavy atom. The zero-order valence-corrected chi connectivity index (χ0v) is 12.7. The Morgan fingerprint density at radius 2 is 1.95 bits per heavy atom. The van der Waals surface area contributed by atoms with Gasteiger partial charge < -0.3 is 15.5 Å². The number of carbonyl (C=O) groups excluding carboxylic acids is 1. The maximum Gasteiger partial charge on any atom is 0.219 e. The van der Waals surface area contributed by atoms with E-state index in [9.17, 15) is 4.79 Å². The van der Waals surface area contributed by atoms with Crippen LogP contribution in [0.25, 0.3) is 0 Å². The molecule has 1 heterocycles. The molecule has 0 atom stereocenters. The fourth-order valence-corrected chi connectivity index (χ4v) is 2.33. The number of rotatable bonds is 5. The van der Waals surface area contributed by atoms with Crippen molar-refractivity contribution >= 4 is 11.9 Å². The van der Waals surface area contributed by atoms with Crippen molar-refractivity contribution in [2.75, 3.05) is 45.8 Å². The predicted molar refractivity (Wildman–Crippen MR) is 80.8 cm³/mol. The van der Waals surface area contributed by atoms with E-state index >= 15 is 0 Å². The van der Waals surface area contributed by atoms with Crippen LogP contribution >= 0.6 is 0 Å². The van der Waals surface area contributed by atoms with E-state index in [4.69, 9.17) is 0 Å². The van der Waals surface area contributed by atoms with E-state index in [0.29, 0.717) is 6.04 Å². The number of hydrogen-bond donors (Lipinski definition) is 2. The Kier molecular flexibility index (Phi) is 5.64. The lowest BCUT2D eigenvalue weighted by atomic mass is 10.3. The quantitative estimate of drug-likeness (QED) is 0.544. The molecule has 1 saturated heterocycles. The first-order valence-corrected chi connectivity index (χ1v) is 7.71. The Morgan fingerprint density at radius 1 is 1.25 bits per heavy atom. The smallest absolute Gasteiger partial charge is 0.219 e. The molecule has 1 aliphatic heterocycles. The highest BCUT2D eigenvalue weighted by molar-refractivity contribution is 5.80. The highest BCUT2D eigenvalue weighted by Crippen LogP contribution is 2.18. The van der Waals surface area contributed by atoms with Gasteiger partial charge in [-0.15, -0.1) is 0 Å². The van der Waals surface area contributed by atoms with E-state index in [1.807, 2.05) is 4.90 Å². The van der Waals surface area contributed by atoms with Crippen LogP contribution in [0.5, 0.6) is 0 Å². The third kappa shape index (κ3) is 5.00. The molecule has 0 aromatic heterocycles. The van der Waals surface area contributed by atoms with Gasteiger partial charge in [0.15, 0.2) is 5.96 Å². The molecule has 1 amide bonds. The average Bonchev–Trinajstić information content (AvgIpc) is 3.23. The molecule has 1 aliphatic carbocycles. The molecule has 0 aromatic rings. The van der Waals surface area contributed by atoms with Crippen LogP contribution in [0.2, 0.25) is 0 Å². The standard InChI is InChI=1S/C14H27N5O/c1-3-15-14(17-13-4-5-13)16-6-7-18-8-10-19(11-9-18)12(2)20/h13H,3-11H2,1-2H3,(H2,15,16,17). The predicted octanol–water partition coefficient (Wildman–Crippen LogP) is -0.132. The SMILES string of the molecule is CCNC(=NCCN1CCN(C(C)=O)CC1)NC1CC1. The minimum Gasteiger partial charge on any atom is -0.357 e. The number of aliphatic imine (C=N–C) groups is 1. The summed E-state index contributed by atoms with van der Waals surface area (Å²) in [5, 5.41) is 6.70. The highest BCUT2D eigenvalue weighted by Gasteiger charge is 2.22. The number of guanidine groups is 1. The van der Waals surface area contributed by atoms with Crippen molar-refractivity contribution in [2.45, 2.75) is 32.7 Å². The van der Waals surface area contributed by atoms with Gasteiger partial charge in [0.2, 0.25) is 5.91 Å². The van der Waals surface area contributed by atoms with Crippen LogP contribution in [0.3, 0.4) is 0 Å². The summed E-state index contributed by atoms with van der Waals surface area (Å²) in [6, 6.07) is 0.631. The number of carbonyl (C=O) groups is 1. The number of nitrogens with one attached hydrogen (secondary N) is 2. The first-order valence-electron chi connectivity index (χ1n) is 7.71. The monoisotopic (exact) mass is 281 g/mol. The lowest BCUT2D eigenvalue weighted by Crippen LogP contribution is -2.48. The lowest BCUT2D eigenvalue weighted by molar-refractivity contribution is -0.130.